The van der Waals surface area contributed by atoms with E-state index in [1.165, 1.54) is 21.9 Å². The molecule has 0 aliphatic heterocycles. The van der Waals surface area contributed by atoms with E-state index in [9.17, 15) is 0 Å². The van der Waals surface area contributed by atoms with Crippen LogP contribution in [0.3, 0.4) is 0 Å². The van der Waals surface area contributed by atoms with Crippen LogP contribution in [0.1, 0.15) is 0 Å². The molecule has 0 radical (unpaired) electrons. The standard InChI is InChI=1S/C45H25N3O/c1-3-17-29-26(11-1)13-7-21-32(29)43-46-44(33-22-8-14-27-12-2-4-18-30(27)33)48-45(47-43)42-40-35-23-10-16-28-15-9-20-31(39(28)35)36(40)25-38-41(42)34-19-5-6-24-37(34)49-38/h1-25H. The Balaban J connectivity index is 1.32. The molecule has 0 saturated carbocycles. The fourth-order valence-electron chi connectivity index (χ4n) is 7.95. The van der Waals surface area contributed by atoms with Gasteiger partial charge in [0.05, 0.1) is 0 Å². The molecule has 4 nitrogen and oxygen atoms in total. The van der Waals surface area contributed by atoms with Gasteiger partial charge in [-0.15, -0.1) is 0 Å². The van der Waals surface area contributed by atoms with Crippen LogP contribution in [0, 0.1) is 0 Å². The van der Waals surface area contributed by atoms with Gasteiger partial charge in [-0.25, -0.2) is 15.0 Å². The lowest BCUT2D eigenvalue weighted by atomic mass is 9.93. The van der Waals surface area contributed by atoms with Crippen LogP contribution in [0.25, 0.3) is 111 Å². The van der Waals surface area contributed by atoms with Crippen LogP contribution in [0.2, 0.25) is 0 Å². The number of aromatic nitrogens is 3. The van der Waals surface area contributed by atoms with E-state index in [1.807, 2.05) is 12.1 Å². The van der Waals surface area contributed by atoms with Gasteiger partial charge in [-0.3, -0.25) is 0 Å². The predicted molar refractivity (Wildman–Crippen MR) is 200 cm³/mol. The molecule has 1 aliphatic rings. The number of para-hydroxylation sites is 1. The average molecular weight is 624 g/mol. The van der Waals surface area contributed by atoms with Gasteiger partial charge in [0.25, 0.3) is 0 Å². The van der Waals surface area contributed by atoms with E-state index in [2.05, 4.69) is 140 Å². The van der Waals surface area contributed by atoms with Crippen molar-refractivity contribution >= 4 is 54.3 Å². The third-order valence-corrected chi connectivity index (χ3v) is 10.1. The minimum atomic E-state index is 0.624. The summed E-state index contributed by atoms with van der Waals surface area (Å²) in [6, 6.07) is 53.1. The van der Waals surface area contributed by atoms with Crippen LogP contribution < -0.4 is 0 Å². The molecule has 4 heteroatoms. The maximum atomic E-state index is 6.61. The molecular formula is C45H25N3O. The van der Waals surface area contributed by atoms with E-state index in [4.69, 9.17) is 19.4 Å². The zero-order valence-electron chi connectivity index (χ0n) is 26.2. The number of fused-ring (bicyclic) bond motifs is 8. The van der Waals surface area contributed by atoms with Crippen molar-refractivity contribution in [3.8, 4) is 56.4 Å². The van der Waals surface area contributed by atoms with Gasteiger partial charge in [0.2, 0.25) is 0 Å². The number of nitrogens with zero attached hydrogens (tertiary/aromatic N) is 3. The van der Waals surface area contributed by atoms with Gasteiger partial charge in [0.15, 0.2) is 17.5 Å². The Bertz CT molecular complexity index is 2900. The number of hydrogen-bond donors (Lipinski definition) is 0. The van der Waals surface area contributed by atoms with Gasteiger partial charge < -0.3 is 4.42 Å². The number of benzene rings is 8. The minimum absolute atomic E-state index is 0.624. The van der Waals surface area contributed by atoms with Gasteiger partial charge in [-0.05, 0) is 61.1 Å². The summed E-state index contributed by atoms with van der Waals surface area (Å²) in [5.74, 6) is 1.90. The summed E-state index contributed by atoms with van der Waals surface area (Å²) in [6.07, 6.45) is 0. The molecule has 0 bridgehead atoms. The molecular weight excluding hydrogens is 599 g/mol. The molecule has 2 heterocycles. The third kappa shape index (κ3) is 3.77. The molecule has 0 fully saturated rings. The van der Waals surface area contributed by atoms with Crippen LogP contribution in [0.15, 0.2) is 156 Å². The highest BCUT2D eigenvalue weighted by Crippen LogP contribution is 2.54. The van der Waals surface area contributed by atoms with Gasteiger partial charge in [-0.2, -0.15) is 0 Å². The molecule has 0 unspecified atom stereocenters. The van der Waals surface area contributed by atoms with Crippen LogP contribution in [-0.4, -0.2) is 15.0 Å². The van der Waals surface area contributed by atoms with Crippen LogP contribution in [-0.2, 0) is 0 Å². The quantitative estimate of drug-likeness (QED) is 0.196. The van der Waals surface area contributed by atoms with Crippen molar-refractivity contribution in [2.24, 2.45) is 0 Å². The highest BCUT2D eigenvalue weighted by molar-refractivity contribution is 6.25. The molecule has 0 N–H and O–H groups in total. The second kappa shape index (κ2) is 9.93. The van der Waals surface area contributed by atoms with Crippen molar-refractivity contribution in [2.45, 2.75) is 0 Å². The summed E-state index contributed by atoms with van der Waals surface area (Å²) >= 11 is 0. The number of furan rings is 1. The Morgan fingerprint density at radius 2 is 0.837 bits per heavy atom. The summed E-state index contributed by atoms with van der Waals surface area (Å²) in [5.41, 5.74) is 9.20. The Morgan fingerprint density at radius 1 is 0.327 bits per heavy atom. The SMILES string of the molecule is c1ccc2c(-c3nc(-c4cccc5ccccc45)nc(-c4c5c(cc6oc7ccccc7c46)-c4cccc6cccc-5c46)n3)cccc2c1. The van der Waals surface area contributed by atoms with E-state index < -0.39 is 0 Å². The topological polar surface area (TPSA) is 51.8 Å². The first-order valence-corrected chi connectivity index (χ1v) is 16.5. The van der Waals surface area contributed by atoms with E-state index >= 15 is 0 Å². The van der Waals surface area contributed by atoms with Crippen molar-refractivity contribution in [3.05, 3.63) is 152 Å². The van der Waals surface area contributed by atoms with E-state index in [1.54, 1.807) is 0 Å². The summed E-state index contributed by atoms with van der Waals surface area (Å²) in [7, 11) is 0. The highest BCUT2D eigenvalue weighted by Gasteiger charge is 2.30. The molecule has 11 rings (SSSR count). The van der Waals surface area contributed by atoms with Crippen LogP contribution >= 0.6 is 0 Å². The molecule has 2 aromatic heterocycles. The van der Waals surface area contributed by atoms with Crippen molar-refractivity contribution in [1.29, 1.82) is 0 Å². The molecule has 49 heavy (non-hydrogen) atoms. The Hall–Kier alpha value is -6.65. The number of hydrogen-bond acceptors (Lipinski definition) is 4. The minimum Gasteiger partial charge on any atom is -0.456 e. The van der Waals surface area contributed by atoms with Crippen molar-refractivity contribution in [3.63, 3.8) is 0 Å². The molecule has 0 spiro atoms. The summed E-state index contributed by atoms with van der Waals surface area (Å²) in [5, 5.41) is 8.98. The lowest BCUT2D eigenvalue weighted by Gasteiger charge is -2.15. The van der Waals surface area contributed by atoms with Gasteiger partial charge in [0, 0.05) is 33.0 Å². The van der Waals surface area contributed by atoms with Gasteiger partial charge in [-0.1, -0.05) is 140 Å². The average Bonchev–Trinajstić information content (AvgIpc) is 3.70. The van der Waals surface area contributed by atoms with Gasteiger partial charge in [0.1, 0.15) is 11.2 Å². The van der Waals surface area contributed by atoms with Gasteiger partial charge >= 0.3 is 0 Å². The first kappa shape index (κ1) is 26.4. The van der Waals surface area contributed by atoms with E-state index in [-0.39, 0.29) is 0 Å². The maximum absolute atomic E-state index is 6.61. The van der Waals surface area contributed by atoms with Crippen molar-refractivity contribution in [2.75, 3.05) is 0 Å². The first-order valence-electron chi connectivity index (χ1n) is 16.5. The molecule has 8 aromatic carbocycles. The first-order chi connectivity index (χ1) is 24.3. The molecule has 0 atom stereocenters. The Kier molecular flexibility index (Phi) is 5.35. The predicted octanol–water partition coefficient (Wildman–Crippen LogP) is 11.9. The lowest BCUT2D eigenvalue weighted by Crippen LogP contribution is -2.02. The van der Waals surface area contributed by atoms with E-state index in [0.29, 0.717) is 17.5 Å². The number of rotatable bonds is 3. The fourth-order valence-corrected chi connectivity index (χ4v) is 7.95. The monoisotopic (exact) mass is 623 g/mol. The van der Waals surface area contributed by atoms with Crippen molar-refractivity contribution < 1.29 is 4.42 Å². The molecule has 1 aliphatic carbocycles. The summed E-state index contributed by atoms with van der Waals surface area (Å²) in [4.78, 5) is 16.1. The third-order valence-electron chi connectivity index (χ3n) is 10.1. The largest absolute Gasteiger partial charge is 0.456 e. The highest BCUT2D eigenvalue weighted by atomic mass is 16.3. The summed E-state index contributed by atoms with van der Waals surface area (Å²) < 4.78 is 6.61. The second-order valence-electron chi connectivity index (χ2n) is 12.7. The summed E-state index contributed by atoms with van der Waals surface area (Å²) in [6.45, 7) is 0. The Labute approximate surface area is 281 Å². The normalized spacial score (nSPS) is 12.1. The zero-order chi connectivity index (χ0) is 32.1. The fraction of sp³-hybridized carbons (Fsp3) is 0. The Morgan fingerprint density at radius 3 is 1.51 bits per heavy atom. The lowest BCUT2D eigenvalue weighted by molar-refractivity contribution is 0.669. The smallest absolute Gasteiger partial charge is 0.165 e. The maximum Gasteiger partial charge on any atom is 0.165 e. The molecule has 10 aromatic rings. The molecule has 0 amide bonds. The molecule has 0 saturated heterocycles. The van der Waals surface area contributed by atoms with Crippen LogP contribution in [0.4, 0.5) is 0 Å². The molecule has 226 valence electrons. The van der Waals surface area contributed by atoms with Crippen LogP contribution in [0.5, 0.6) is 0 Å². The zero-order valence-corrected chi connectivity index (χ0v) is 26.2. The van der Waals surface area contributed by atoms with E-state index in [0.717, 1.165) is 71.3 Å². The second-order valence-corrected chi connectivity index (χ2v) is 12.7. The van der Waals surface area contributed by atoms with Crippen molar-refractivity contribution in [1.82, 2.24) is 15.0 Å².